The van der Waals surface area contributed by atoms with Crippen LogP contribution >= 0.6 is 11.3 Å². The first kappa shape index (κ1) is 17.5. The van der Waals surface area contributed by atoms with Gasteiger partial charge in [-0.3, -0.25) is 15.6 Å². The Balaban J connectivity index is 1.65. The van der Waals surface area contributed by atoms with E-state index in [1.54, 1.807) is 13.1 Å². The van der Waals surface area contributed by atoms with Gasteiger partial charge in [0.25, 0.3) is 11.0 Å². The van der Waals surface area contributed by atoms with E-state index in [0.29, 0.717) is 17.9 Å². The number of amides is 1. The molecule has 0 radical (unpaired) electrons. The van der Waals surface area contributed by atoms with Crippen molar-refractivity contribution in [3.8, 4) is 0 Å². The first-order valence-electron chi connectivity index (χ1n) is 7.55. The Morgan fingerprint density at radius 1 is 1.38 bits per heavy atom. The van der Waals surface area contributed by atoms with Crippen LogP contribution < -0.4 is 10.9 Å². The van der Waals surface area contributed by atoms with Crippen molar-refractivity contribution in [2.75, 3.05) is 12.0 Å². The predicted molar refractivity (Wildman–Crippen MR) is 94.1 cm³/mol. The molecular formula is C15H14N6O4S. The van der Waals surface area contributed by atoms with Gasteiger partial charge in [0.15, 0.2) is 10.8 Å². The summed E-state index contributed by atoms with van der Waals surface area (Å²) < 4.78 is 0. The third-order valence-corrected chi connectivity index (χ3v) is 4.69. The van der Waals surface area contributed by atoms with Crippen LogP contribution in [0.1, 0.15) is 20.4 Å². The maximum atomic E-state index is 12.3. The zero-order chi connectivity index (χ0) is 18.5. The molecule has 134 valence electrons. The molecule has 0 atom stereocenters. The Hall–Kier alpha value is -3.34. The maximum absolute atomic E-state index is 12.3. The highest BCUT2D eigenvalue weighted by Crippen LogP contribution is 2.20. The van der Waals surface area contributed by atoms with Gasteiger partial charge in [0.1, 0.15) is 6.61 Å². The number of nitrogens with zero attached hydrogens (tertiary/aromatic N) is 4. The van der Waals surface area contributed by atoms with Crippen molar-refractivity contribution in [1.82, 2.24) is 20.6 Å². The van der Waals surface area contributed by atoms with E-state index in [9.17, 15) is 14.9 Å². The van der Waals surface area contributed by atoms with Gasteiger partial charge in [0.2, 0.25) is 0 Å². The lowest BCUT2D eigenvalue weighted by atomic mass is 10.2. The van der Waals surface area contributed by atoms with Crippen LogP contribution in [0.2, 0.25) is 0 Å². The summed E-state index contributed by atoms with van der Waals surface area (Å²) in [5.41, 5.74) is 5.93. The van der Waals surface area contributed by atoms with Crippen LogP contribution in [0, 0.1) is 17.0 Å². The van der Waals surface area contributed by atoms with Crippen molar-refractivity contribution in [2.45, 2.75) is 13.3 Å². The van der Waals surface area contributed by atoms with E-state index in [1.807, 2.05) is 24.3 Å². The Labute approximate surface area is 151 Å². The van der Waals surface area contributed by atoms with Gasteiger partial charge >= 0.3 is 0 Å². The molecule has 0 aliphatic carbocycles. The van der Waals surface area contributed by atoms with Gasteiger partial charge in [-0.15, -0.1) is 26.5 Å². The monoisotopic (exact) mass is 374 g/mol. The van der Waals surface area contributed by atoms with E-state index in [-0.39, 0.29) is 11.6 Å². The molecule has 10 nitrogen and oxygen atoms in total. The topological polar surface area (TPSA) is 132 Å². The predicted octanol–water partition coefficient (Wildman–Crippen LogP) is 1.90. The van der Waals surface area contributed by atoms with E-state index >= 15 is 0 Å². The molecule has 1 amide bonds. The lowest BCUT2D eigenvalue weighted by Gasteiger charge is -2.07. The highest BCUT2D eigenvalue weighted by atomic mass is 32.1. The van der Waals surface area contributed by atoms with Crippen molar-refractivity contribution in [1.29, 1.82) is 0 Å². The largest absolute Gasteiger partial charge is 0.314 e. The molecule has 0 unspecified atom stereocenters. The van der Waals surface area contributed by atoms with E-state index in [2.05, 4.69) is 30.9 Å². The van der Waals surface area contributed by atoms with Crippen LogP contribution in [0.4, 0.5) is 5.82 Å². The van der Waals surface area contributed by atoms with E-state index < -0.39 is 11.0 Å². The second-order valence-electron chi connectivity index (χ2n) is 5.19. The summed E-state index contributed by atoms with van der Waals surface area (Å²) in [5.74, 6) is -0.0152. The molecule has 2 N–H and O–H groups in total. The molecule has 0 bridgehead atoms. The van der Waals surface area contributed by atoms with Gasteiger partial charge in [-0.25, -0.2) is 4.98 Å². The highest BCUT2D eigenvalue weighted by Gasteiger charge is 2.15. The molecule has 0 aliphatic rings. The number of benzene rings is 1. The number of anilines is 1. The Morgan fingerprint density at radius 2 is 2.19 bits per heavy atom. The third-order valence-electron chi connectivity index (χ3n) is 3.48. The van der Waals surface area contributed by atoms with E-state index in [1.165, 1.54) is 0 Å². The van der Waals surface area contributed by atoms with E-state index in [0.717, 1.165) is 27.0 Å². The zero-order valence-corrected chi connectivity index (χ0v) is 14.4. The minimum Gasteiger partial charge on any atom is -0.314 e. The summed E-state index contributed by atoms with van der Waals surface area (Å²) in [6.07, 6.45) is 1.94. The van der Waals surface area contributed by atoms with E-state index in [4.69, 9.17) is 0 Å². The Kier molecular flexibility index (Phi) is 5.17. The molecule has 0 spiro atoms. The van der Waals surface area contributed by atoms with Crippen molar-refractivity contribution >= 4 is 33.8 Å². The number of nitrogens with one attached hydrogen (secondary N) is 2. The third kappa shape index (κ3) is 4.00. The average Bonchev–Trinajstić information content (AvgIpc) is 3.00. The Morgan fingerprint density at radius 3 is 3.00 bits per heavy atom. The second kappa shape index (κ2) is 7.70. The minimum absolute atomic E-state index is 0.0824. The zero-order valence-electron chi connectivity index (χ0n) is 13.6. The molecule has 0 saturated carbocycles. The van der Waals surface area contributed by atoms with Crippen LogP contribution in [0.15, 0.2) is 30.5 Å². The molecule has 11 heteroatoms. The fraction of sp³-hybridized carbons (Fsp3) is 0.200. The summed E-state index contributed by atoms with van der Waals surface area (Å²) >= 11 is 1.16. The maximum Gasteiger partial charge on any atom is 0.298 e. The molecule has 0 aliphatic heterocycles. The first-order valence-corrected chi connectivity index (χ1v) is 8.36. The van der Waals surface area contributed by atoms with Crippen LogP contribution in [0.5, 0.6) is 0 Å². The van der Waals surface area contributed by atoms with Crippen molar-refractivity contribution < 1.29 is 14.7 Å². The number of aryl methyl sites for hydroxylation is 1. The van der Waals surface area contributed by atoms with Gasteiger partial charge in [-0.2, -0.15) is 5.10 Å². The van der Waals surface area contributed by atoms with Crippen LogP contribution in [-0.4, -0.2) is 32.8 Å². The number of hydrazine groups is 1. The second-order valence-corrected chi connectivity index (χ2v) is 6.28. The number of carbonyl (C=O) groups is 1. The molecule has 2 aromatic heterocycles. The van der Waals surface area contributed by atoms with Crippen LogP contribution in [-0.2, 0) is 11.3 Å². The average molecular weight is 374 g/mol. The summed E-state index contributed by atoms with van der Waals surface area (Å²) in [5, 5.41) is 19.1. The molecular weight excluding hydrogens is 360 g/mol. The molecule has 0 saturated heterocycles. The summed E-state index contributed by atoms with van der Waals surface area (Å²) in [6.45, 7) is 1.65. The fourth-order valence-corrected chi connectivity index (χ4v) is 3.20. The number of carbonyl (C=O) groups excluding carboxylic acids is 1. The number of fused-ring (bicyclic) bond motifs is 1. The van der Waals surface area contributed by atoms with Gasteiger partial charge in [0.05, 0.1) is 11.9 Å². The standard InChI is InChI=1S/C15H14N6O4S/c1-9-12(6-7-25-21(23)24)26-15(17-9)14(22)20-19-13-11-5-3-2-4-10(11)8-16-18-13/h2-5,8H,6-7H2,1H3,(H,18,19)(H,20,22). The number of aromatic nitrogens is 3. The number of rotatable bonds is 7. The summed E-state index contributed by atoms with van der Waals surface area (Å²) in [4.78, 5) is 31.7. The van der Waals surface area contributed by atoms with Gasteiger partial charge in [-0.1, -0.05) is 24.3 Å². The normalized spacial score (nSPS) is 10.5. The molecule has 1 aromatic carbocycles. The van der Waals surface area contributed by atoms with Crippen molar-refractivity contribution in [2.24, 2.45) is 0 Å². The van der Waals surface area contributed by atoms with Crippen LogP contribution in [0.25, 0.3) is 10.8 Å². The smallest absolute Gasteiger partial charge is 0.298 e. The van der Waals surface area contributed by atoms with Crippen LogP contribution in [0.3, 0.4) is 0 Å². The number of thiazole rings is 1. The quantitative estimate of drug-likeness (QED) is 0.473. The lowest BCUT2D eigenvalue weighted by Crippen LogP contribution is -2.30. The molecule has 3 aromatic rings. The number of hydrogen-bond donors (Lipinski definition) is 2. The summed E-state index contributed by atoms with van der Waals surface area (Å²) in [7, 11) is 0. The van der Waals surface area contributed by atoms with Gasteiger partial charge in [-0.05, 0) is 6.92 Å². The molecule has 3 rings (SSSR count). The van der Waals surface area contributed by atoms with Gasteiger partial charge in [0, 0.05) is 22.1 Å². The van der Waals surface area contributed by atoms with Crippen molar-refractivity contribution in [3.63, 3.8) is 0 Å². The first-order chi connectivity index (χ1) is 12.5. The SMILES string of the molecule is Cc1nc(C(=O)NNc2nncc3ccccc23)sc1CCO[N+](=O)[O-]. The Bertz CT molecular complexity index is 955. The molecule has 0 fully saturated rings. The fourth-order valence-electron chi connectivity index (χ4n) is 2.26. The number of hydrogen-bond acceptors (Lipinski definition) is 9. The minimum atomic E-state index is -0.848. The molecule has 26 heavy (non-hydrogen) atoms. The van der Waals surface area contributed by atoms with Crippen molar-refractivity contribution in [3.05, 3.63) is 56.2 Å². The highest BCUT2D eigenvalue weighted by molar-refractivity contribution is 7.13. The lowest BCUT2D eigenvalue weighted by molar-refractivity contribution is -0.757. The summed E-state index contributed by atoms with van der Waals surface area (Å²) in [6, 6.07) is 7.50. The van der Waals surface area contributed by atoms with Gasteiger partial charge < -0.3 is 4.84 Å². The molecule has 2 heterocycles.